The van der Waals surface area contributed by atoms with Crippen molar-refractivity contribution in [1.29, 1.82) is 0 Å². The van der Waals surface area contributed by atoms with Gasteiger partial charge in [0.1, 0.15) is 6.61 Å². The van der Waals surface area contributed by atoms with Crippen LogP contribution in [0.3, 0.4) is 0 Å². The summed E-state index contributed by atoms with van der Waals surface area (Å²) in [7, 11) is 1.69. The monoisotopic (exact) mass is 408 g/mol. The third kappa shape index (κ3) is 4.31. The van der Waals surface area contributed by atoms with Gasteiger partial charge in [0.25, 0.3) is 0 Å². The van der Waals surface area contributed by atoms with Gasteiger partial charge in [-0.1, -0.05) is 55.3 Å². The van der Waals surface area contributed by atoms with Crippen molar-refractivity contribution in [2.75, 3.05) is 20.2 Å². The molecule has 5 nitrogen and oxygen atoms in total. The summed E-state index contributed by atoms with van der Waals surface area (Å²) in [5.74, 6) is 1.92. The molecule has 0 aromatic heterocycles. The van der Waals surface area contributed by atoms with E-state index in [0.717, 1.165) is 55.1 Å². The first kappa shape index (κ1) is 20.7. The summed E-state index contributed by atoms with van der Waals surface area (Å²) in [6, 6.07) is 14.7. The van der Waals surface area contributed by atoms with Crippen molar-refractivity contribution in [3.63, 3.8) is 0 Å². The van der Waals surface area contributed by atoms with E-state index in [0.29, 0.717) is 12.5 Å². The topological polar surface area (TPSA) is 54.3 Å². The van der Waals surface area contributed by atoms with Gasteiger partial charge in [-0.15, -0.1) is 0 Å². The molecule has 5 heteroatoms. The highest BCUT2D eigenvalue weighted by Gasteiger charge is 2.37. The van der Waals surface area contributed by atoms with E-state index in [1.165, 1.54) is 24.0 Å². The summed E-state index contributed by atoms with van der Waals surface area (Å²) < 4.78 is 11.8. The number of nitrogens with zero attached hydrogens (tertiary/aromatic N) is 2. The zero-order valence-corrected chi connectivity index (χ0v) is 18.0. The van der Waals surface area contributed by atoms with Gasteiger partial charge in [-0.2, -0.15) is 0 Å². The van der Waals surface area contributed by atoms with Gasteiger partial charge in [-0.05, 0) is 41.7 Å². The molecule has 30 heavy (non-hydrogen) atoms. The van der Waals surface area contributed by atoms with Crippen molar-refractivity contribution in [1.82, 2.24) is 4.90 Å². The van der Waals surface area contributed by atoms with E-state index >= 15 is 0 Å². The Bertz CT molecular complexity index is 881. The Kier molecular flexibility index (Phi) is 6.58. The summed E-state index contributed by atoms with van der Waals surface area (Å²) >= 11 is 0. The number of methoxy groups -OCH3 is 1. The molecule has 2 aromatic carbocycles. The number of ether oxygens (including phenoxy) is 2. The lowest BCUT2D eigenvalue weighted by Gasteiger charge is -2.44. The van der Waals surface area contributed by atoms with Gasteiger partial charge in [-0.25, -0.2) is 0 Å². The number of benzene rings is 2. The molecular weight excluding hydrogens is 376 g/mol. The molecule has 2 aliphatic rings. The predicted octanol–water partition coefficient (Wildman–Crippen LogP) is 5.21. The van der Waals surface area contributed by atoms with Crippen LogP contribution in [-0.4, -0.2) is 36.0 Å². The van der Waals surface area contributed by atoms with Gasteiger partial charge in [0, 0.05) is 31.5 Å². The van der Waals surface area contributed by atoms with Gasteiger partial charge in [0.2, 0.25) is 0 Å². The maximum Gasteiger partial charge on any atom is 0.161 e. The largest absolute Gasteiger partial charge is 0.493 e. The molecule has 2 aliphatic heterocycles. The minimum Gasteiger partial charge on any atom is -0.493 e. The average Bonchev–Trinajstić information content (AvgIpc) is 2.80. The first-order chi connectivity index (χ1) is 14.7. The van der Waals surface area contributed by atoms with E-state index < -0.39 is 0 Å². The number of hydrogen-bond acceptors (Lipinski definition) is 5. The van der Waals surface area contributed by atoms with E-state index in [-0.39, 0.29) is 6.04 Å². The normalized spacial score (nSPS) is 22.4. The quantitative estimate of drug-likeness (QED) is 0.504. The van der Waals surface area contributed by atoms with E-state index in [1.54, 1.807) is 7.11 Å². The first-order valence-corrected chi connectivity index (χ1v) is 11.1. The van der Waals surface area contributed by atoms with Crippen LogP contribution in [-0.2, 0) is 13.0 Å². The van der Waals surface area contributed by atoms with Crippen LogP contribution in [0.4, 0.5) is 0 Å². The van der Waals surface area contributed by atoms with E-state index in [2.05, 4.69) is 41.2 Å². The van der Waals surface area contributed by atoms with Crippen molar-refractivity contribution in [2.45, 2.75) is 51.7 Å². The molecule has 0 spiro atoms. The van der Waals surface area contributed by atoms with Crippen molar-refractivity contribution in [2.24, 2.45) is 11.1 Å². The molecule has 0 saturated carbocycles. The molecule has 4 rings (SSSR count). The fourth-order valence-electron chi connectivity index (χ4n) is 4.81. The number of oxime groups is 1. The second-order valence-corrected chi connectivity index (χ2v) is 8.37. The number of hydrogen-bond donors (Lipinski definition) is 1. The van der Waals surface area contributed by atoms with Crippen LogP contribution in [0.1, 0.15) is 55.3 Å². The highest BCUT2D eigenvalue weighted by molar-refractivity contribution is 5.88. The minimum atomic E-state index is 0.245. The van der Waals surface area contributed by atoms with Crippen LogP contribution in [0.5, 0.6) is 11.5 Å². The van der Waals surface area contributed by atoms with E-state index in [9.17, 15) is 5.21 Å². The molecule has 2 aromatic rings. The standard InChI is InChI=1S/C25H32N2O3/c1-3-4-10-20-16-27-12-11-19-13-25(30-17-18-8-6-5-7-9-18)24(29-2)14-21(19)23(27)15-22(20)26-28/h5-9,13-14,20,23,28H,3-4,10-12,15-17H2,1-2H3. The SMILES string of the molecule is CCCCC1CN2CCc3cc(OCc4ccccc4)c(OC)cc3C2CC1=NO. The Hall–Kier alpha value is -2.53. The first-order valence-electron chi connectivity index (χ1n) is 11.1. The second kappa shape index (κ2) is 9.52. The second-order valence-electron chi connectivity index (χ2n) is 8.37. The maximum absolute atomic E-state index is 9.65. The molecule has 2 atom stereocenters. The van der Waals surface area contributed by atoms with E-state index in [4.69, 9.17) is 9.47 Å². The van der Waals surface area contributed by atoms with Crippen molar-refractivity contribution >= 4 is 5.71 Å². The van der Waals surface area contributed by atoms with Gasteiger partial charge < -0.3 is 14.7 Å². The molecule has 2 heterocycles. The zero-order valence-electron chi connectivity index (χ0n) is 18.0. The third-order valence-electron chi connectivity index (χ3n) is 6.49. The summed E-state index contributed by atoms with van der Waals surface area (Å²) in [5, 5.41) is 13.3. The van der Waals surface area contributed by atoms with Crippen molar-refractivity contribution in [3.05, 3.63) is 59.2 Å². The van der Waals surface area contributed by atoms with Crippen LogP contribution >= 0.6 is 0 Å². The fourth-order valence-corrected chi connectivity index (χ4v) is 4.81. The fraction of sp³-hybridized carbons (Fsp3) is 0.480. The lowest BCUT2D eigenvalue weighted by Crippen LogP contribution is -2.46. The van der Waals surface area contributed by atoms with Crippen molar-refractivity contribution < 1.29 is 14.7 Å². The summed E-state index contributed by atoms with van der Waals surface area (Å²) in [6.45, 7) is 4.73. The average molecular weight is 409 g/mol. The smallest absolute Gasteiger partial charge is 0.161 e. The Morgan fingerprint density at radius 3 is 2.73 bits per heavy atom. The Morgan fingerprint density at radius 1 is 1.17 bits per heavy atom. The Morgan fingerprint density at radius 2 is 2.00 bits per heavy atom. The highest BCUT2D eigenvalue weighted by Crippen LogP contribution is 2.42. The molecule has 0 aliphatic carbocycles. The molecule has 0 amide bonds. The van der Waals surface area contributed by atoms with Gasteiger partial charge in [-0.3, -0.25) is 4.90 Å². The van der Waals surface area contributed by atoms with Crippen LogP contribution in [0.25, 0.3) is 0 Å². The lowest BCUT2D eigenvalue weighted by molar-refractivity contribution is 0.146. The van der Waals surface area contributed by atoms with Crippen LogP contribution < -0.4 is 9.47 Å². The molecule has 1 N–H and O–H groups in total. The molecule has 0 bridgehead atoms. The molecule has 2 unspecified atom stereocenters. The number of rotatable bonds is 7. The highest BCUT2D eigenvalue weighted by atomic mass is 16.5. The molecule has 1 fully saturated rings. The zero-order chi connectivity index (χ0) is 20.9. The molecular formula is C25H32N2O3. The third-order valence-corrected chi connectivity index (χ3v) is 6.49. The van der Waals surface area contributed by atoms with Crippen LogP contribution in [0.2, 0.25) is 0 Å². The van der Waals surface area contributed by atoms with Crippen molar-refractivity contribution in [3.8, 4) is 11.5 Å². The summed E-state index contributed by atoms with van der Waals surface area (Å²) in [5.41, 5.74) is 4.67. The number of fused-ring (bicyclic) bond motifs is 3. The molecule has 1 saturated heterocycles. The van der Waals surface area contributed by atoms with E-state index in [1.807, 2.05) is 18.2 Å². The van der Waals surface area contributed by atoms with Crippen LogP contribution in [0.15, 0.2) is 47.6 Å². The Balaban J connectivity index is 1.56. The number of piperidine rings is 1. The minimum absolute atomic E-state index is 0.245. The molecule has 0 radical (unpaired) electrons. The lowest BCUT2D eigenvalue weighted by atomic mass is 9.80. The summed E-state index contributed by atoms with van der Waals surface area (Å²) in [4.78, 5) is 2.56. The number of unbranched alkanes of at least 4 members (excludes halogenated alkanes) is 1. The summed E-state index contributed by atoms with van der Waals surface area (Å²) in [6.07, 6.45) is 5.23. The van der Waals surface area contributed by atoms with Crippen LogP contribution in [0, 0.1) is 5.92 Å². The van der Waals surface area contributed by atoms with Gasteiger partial charge >= 0.3 is 0 Å². The van der Waals surface area contributed by atoms with Gasteiger partial charge in [0.05, 0.1) is 12.8 Å². The molecule has 160 valence electrons. The Labute approximate surface area is 179 Å². The predicted molar refractivity (Wildman–Crippen MR) is 119 cm³/mol. The van der Waals surface area contributed by atoms with Gasteiger partial charge in [0.15, 0.2) is 11.5 Å². The maximum atomic E-state index is 9.65.